The van der Waals surface area contributed by atoms with Gasteiger partial charge in [0, 0.05) is 12.0 Å². The minimum atomic E-state index is -0.461. The predicted octanol–water partition coefficient (Wildman–Crippen LogP) is 8.09. The van der Waals surface area contributed by atoms with Gasteiger partial charge in [-0.1, -0.05) is 122 Å². The first kappa shape index (κ1) is 36.2. The van der Waals surface area contributed by atoms with Gasteiger partial charge in [0.1, 0.15) is 6.10 Å². The van der Waals surface area contributed by atoms with Gasteiger partial charge in [-0.2, -0.15) is 0 Å². The topological polar surface area (TPSA) is 96.2 Å². The van der Waals surface area contributed by atoms with Crippen LogP contribution in [0.5, 0.6) is 0 Å². The highest BCUT2D eigenvalue weighted by molar-refractivity contribution is 5.90. The van der Waals surface area contributed by atoms with Gasteiger partial charge in [0.15, 0.2) is 0 Å². The Balaban J connectivity index is 1.37. The first-order valence-corrected chi connectivity index (χ1v) is 17.5. The number of carbonyl (C=O) groups excluding carboxylic acids is 1. The summed E-state index contributed by atoms with van der Waals surface area (Å²) in [5.74, 6) is -0.280. The van der Waals surface area contributed by atoms with Gasteiger partial charge in [-0.05, 0) is 45.1 Å². The van der Waals surface area contributed by atoms with Crippen molar-refractivity contribution in [3.05, 3.63) is 11.6 Å². The van der Waals surface area contributed by atoms with Crippen molar-refractivity contribution < 1.29 is 29.6 Å². The van der Waals surface area contributed by atoms with Crippen molar-refractivity contribution in [2.75, 3.05) is 0 Å². The van der Waals surface area contributed by atoms with E-state index in [9.17, 15) is 20.1 Å². The molecule has 2 rings (SSSR count). The van der Waals surface area contributed by atoms with E-state index in [0.29, 0.717) is 12.0 Å². The van der Waals surface area contributed by atoms with Crippen LogP contribution in [0.15, 0.2) is 11.6 Å². The van der Waals surface area contributed by atoms with Gasteiger partial charge in [0.2, 0.25) is 0 Å². The number of rotatable bonds is 26. The summed E-state index contributed by atoms with van der Waals surface area (Å²) in [4.78, 5) is 11.6. The van der Waals surface area contributed by atoms with Gasteiger partial charge >= 0.3 is 5.97 Å². The third-order valence-electron chi connectivity index (χ3n) is 9.03. The molecule has 3 N–H and O–H groups in total. The maximum Gasteiger partial charge on any atom is 0.334 e. The number of carbonyl (C=O) groups is 1. The molecule has 41 heavy (non-hydrogen) atoms. The van der Waals surface area contributed by atoms with E-state index in [2.05, 4.69) is 6.92 Å². The maximum absolute atomic E-state index is 11.6. The van der Waals surface area contributed by atoms with Gasteiger partial charge in [-0.3, -0.25) is 0 Å². The van der Waals surface area contributed by atoms with E-state index in [1.54, 1.807) is 0 Å². The zero-order chi connectivity index (χ0) is 29.7. The average Bonchev–Trinajstić information content (AvgIpc) is 3.57. The normalized spacial score (nSPS) is 23.0. The number of esters is 1. The van der Waals surface area contributed by atoms with Gasteiger partial charge in [0.25, 0.3) is 0 Å². The Morgan fingerprint density at radius 3 is 1.51 bits per heavy atom. The third-order valence-corrected chi connectivity index (χ3v) is 9.03. The van der Waals surface area contributed by atoms with E-state index in [1.807, 2.05) is 13.0 Å². The molecule has 1 saturated heterocycles. The van der Waals surface area contributed by atoms with Crippen LogP contribution in [-0.4, -0.2) is 57.9 Å². The number of hydrogen-bond acceptors (Lipinski definition) is 6. The van der Waals surface area contributed by atoms with Crippen LogP contribution in [0.4, 0.5) is 0 Å². The number of cyclic esters (lactones) is 1. The summed E-state index contributed by atoms with van der Waals surface area (Å²) in [5.41, 5.74) is 0.617. The number of aliphatic hydroxyl groups is 3. The van der Waals surface area contributed by atoms with E-state index in [0.717, 1.165) is 64.2 Å². The van der Waals surface area contributed by atoms with Crippen molar-refractivity contribution in [3.63, 3.8) is 0 Å². The van der Waals surface area contributed by atoms with Gasteiger partial charge in [-0.15, -0.1) is 0 Å². The molecule has 2 aliphatic heterocycles. The molecule has 0 amide bonds. The monoisotopic (exact) mass is 580 g/mol. The van der Waals surface area contributed by atoms with Crippen LogP contribution in [-0.2, 0) is 14.3 Å². The van der Waals surface area contributed by atoms with E-state index < -0.39 is 18.3 Å². The maximum atomic E-state index is 11.6. The molecule has 0 aliphatic carbocycles. The van der Waals surface area contributed by atoms with Crippen molar-refractivity contribution in [1.82, 2.24) is 0 Å². The lowest BCUT2D eigenvalue weighted by Crippen LogP contribution is -2.31. The standard InChI is InChI=1S/C35H64O6/c1-3-4-5-6-7-8-9-13-16-19-22-31(37)33-24-25-34(41-33)32(38)23-20-17-14-11-10-12-15-18-21-30(36)27-29-26-28(2)40-35(29)39/h26,28,30-34,36-38H,3-25,27H2,1-2H3/t28-,30+,31-,32+,33+,34+/m0/s1. The van der Waals surface area contributed by atoms with Crippen molar-refractivity contribution in [2.45, 2.75) is 205 Å². The van der Waals surface area contributed by atoms with Crippen LogP contribution in [0.1, 0.15) is 168 Å². The molecule has 6 heteroatoms. The summed E-state index contributed by atoms with van der Waals surface area (Å²) in [6.45, 7) is 4.10. The minimum Gasteiger partial charge on any atom is -0.455 e. The fourth-order valence-corrected chi connectivity index (χ4v) is 6.40. The summed E-state index contributed by atoms with van der Waals surface area (Å²) in [7, 11) is 0. The third kappa shape index (κ3) is 16.5. The minimum absolute atomic E-state index is 0.102. The van der Waals surface area contributed by atoms with E-state index in [4.69, 9.17) is 9.47 Å². The summed E-state index contributed by atoms with van der Waals surface area (Å²) in [6, 6.07) is 0. The van der Waals surface area contributed by atoms with Crippen LogP contribution in [0.2, 0.25) is 0 Å². The highest BCUT2D eigenvalue weighted by Gasteiger charge is 2.34. The molecule has 0 unspecified atom stereocenters. The summed E-state index contributed by atoms with van der Waals surface area (Å²) >= 11 is 0. The van der Waals surface area contributed by atoms with Crippen LogP contribution in [0, 0.1) is 0 Å². The molecule has 1 fully saturated rings. The molecule has 2 aliphatic rings. The Kier molecular flexibility index (Phi) is 20.0. The second-order valence-corrected chi connectivity index (χ2v) is 13.0. The van der Waals surface area contributed by atoms with Crippen LogP contribution >= 0.6 is 0 Å². The summed E-state index contributed by atoms with van der Waals surface area (Å²) in [5, 5.41) is 31.4. The summed E-state index contributed by atoms with van der Waals surface area (Å²) < 4.78 is 11.2. The SMILES string of the molecule is CCCCCCCCCCCC[C@H](O)[C@H]1CC[C@H]([C@H](O)CCCCCCCCCC[C@@H](O)CC2=C[C@H](C)OC2=O)O1. The highest BCUT2D eigenvalue weighted by Crippen LogP contribution is 2.28. The van der Waals surface area contributed by atoms with Crippen molar-refractivity contribution >= 4 is 5.97 Å². The zero-order valence-corrected chi connectivity index (χ0v) is 26.6. The molecular formula is C35H64O6. The quantitative estimate of drug-likeness (QED) is 0.0707. The fraction of sp³-hybridized carbons (Fsp3) is 0.914. The number of ether oxygens (including phenoxy) is 2. The van der Waals surface area contributed by atoms with Crippen LogP contribution in [0.25, 0.3) is 0 Å². The summed E-state index contributed by atoms with van der Waals surface area (Å²) in [6.07, 6.45) is 26.7. The zero-order valence-electron chi connectivity index (χ0n) is 26.6. The van der Waals surface area contributed by atoms with Crippen LogP contribution in [0.3, 0.4) is 0 Å². The predicted molar refractivity (Wildman–Crippen MR) is 167 cm³/mol. The van der Waals surface area contributed by atoms with Crippen molar-refractivity contribution in [1.29, 1.82) is 0 Å². The lowest BCUT2D eigenvalue weighted by atomic mass is 9.99. The molecule has 0 aromatic heterocycles. The second kappa shape index (κ2) is 22.6. The Morgan fingerprint density at radius 2 is 1.10 bits per heavy atom. The molecule has 0 aromatic rings. The smallest absolute Gasteiger partial charge is 0.334 e. The van der Waals surface area contributed by atoms with Crippen LogP contribution < -0.4 is 0 Å². The lowest BCUT2D eigenvalue weighted by molar-refractivity contribution is -0.139. The van der Waals surface area contributed by atoms with Gasteiger partial charge in [0.05, 0.1) is 30.5 Å². The second-order valence-electron chi connectivity index (χ2n) is 13.0. The first-order chi connectivity index (χ1) is 19.9. The Morgan fingerprint density at radius 1 is 0.683 bits per heavy atom. The molecular weight excluding hydrogens is 516 g/mol. The largest absolute Gasteiger partial charge is 0.455 e. The fourth-order valence-electron chi connectivity index (χ4n) is 6.40. The average molecular weight is 581 g/mol. The highest BCUT2D eigenvalue weighted by atomic mass is 16.5. The Bertz CT molecular complexity index is 694. The van der Waals surface area contributed by atoms with Crippen molar-refractivity contribution in [2.24, 2.45) is 0 Å². The van der Waals surface area contributed by atoms with Gasteiger partial charge in [-0.25, -0.2) is 4.79 Å². The Hall–Kier alpha value is -0.950. The van der Waals surface area contributed by atoms with E-state index in [-0.39, 0.29) is 24.3 Å². The number of unbranched alkanes of at least 4 members (excludes halogenated alkanes) is 16. The van der Waals surface area contributed by atoms with E-state index in [1.165, 1.54) is 83.5 Å². The molecule has 6 atom stereocenters. The van der Waals surface area contributed by atoms with Crippen molar-refractivity contribution in [3.8, 4) is 0 Å². The first-order valence-electron chi connectivity index (χ1n) is 17.5. The number of aliphatic hydroxyl groups excluding tert-OH is 3. The molecule has 2 heterocycles. The molecule has 240 valence electrons. The molecule has 0 radical (unpaired) electrons. The number of hydrogen-bond donors (Lipinski definition) is 3. The molecule has 0 spiro atoms. The Labute approximate surface area is 251 Å². The lowest BCUT2D eigenvalue weighted by Gasteiger charge is -2.22. The molecule has 0 aromatic carbocycles. The molecule has 0 saturated carbocycles. The molecule has 6 nitrogen and oxygen atoms in total. The van der Waals surface area contributed by atoms with E-state index >= 15 is 0 Å². The molecule has 0 bridgehead atoms. The van der Waals surface area contributed by atoms with Gasteiger partial charge < -0.3 is 24.8 Å².